The van der Waals surface area contributed by atoms with Gasteiger partial charge in [0, 0.05) is 11.8 Å². The quantitative estimate of drug-likeness (QED) is 0.537. The molecule has 0 fully saturated rings. The number of imidazole rings is 1. The van der Waals surface area contributed by atoms with Crippen molar-refractivity contribution in [1.29, 1.82) is 0 Å². The van der Waals surface area contributed by atoms with E-state index in [4.69, 9.17) is 9.47 Å². The lowest BCUT2D eigenvalue weighted by Crippen LogP contribution is -2.05. The van der Waals surface area contributed by atoms with E-state index >= 15 is 0 Å². The van der Waals surface area contributed by atoms with Gasteiger partial charge in [-0.15, -0.1) is 0 Å². The Bertz CT molecular complexity index is 1100. The summed E-state index contributed by atoms with van der Waals surface area (Å²) in [4.78, 5) is 20.8. The molecular formula is C18H17N5O3. The Morgan fingerprint density at radius 3 is 2.92 bits per heavy atom. The first-order valence-corrected chi connectivity index (χ1v) is 8.14. The molecule has 0 spiro atoms. The second-order valence-corrected chi connectivity index (χ2v) is 5.60. The van der Waals surface area contributed by atoms with E-state index in [1.54, 1.807) is 36.7 Å². The number of aromatic amines is 1. The smallest absolute Gasteiger partial charge is 0.338 e. The van der Waals surface area contributed by atoms with Crippen molar-refractivity contribution in [3.8, 4) is 5.75 Å². The number of H-pyrrole nitrogens is 1. The van der Waals surface area contributed by atoms with Crippen LogP contribution in [-0.2, 0) is 4.74 Å². The van der Waals surface area contributed by atoms with Crippen LogP contribution in [0.3, 0.4) is 0 Å². The minimum atomic E-state index is -0.356. The molecule has 0 unspecified atom stereocenters. The minimum absolute atomic E-state index is 0.337. The highest BCUT2D eigenvalue weighted by molar-refractivity contribution is 5.90. The maximum Gasteiger partial charge on any atom is 0.338 e. The number of rotatable bonds is 5. The molecule has 0 atom stereocenters. The van der Waals surface area contributed by atoms with Crippen molar-refractivity contribution >= 4 is 34.4 Å². The standard InChI is InChI=1S/C18H17N5O3/c1-3-26-16(24)11-5-4-6-12(9-11)19-17-21-18-20-14-10-13(25-2)7-8-15(14)23(18)22-17/h4-10H,3H2,1-2H3,(H2,19,20,21,22). The zero-order valence-electron chi connectivity index (χ0n) is 14.3. The van der Waals surface area contributed by atoms with Crippen LogP contribution in [0, 0.1) is 0 Å². The largest absolute Gasteiger partial charge is 0.497 e. The molecule has 2 aromatic carbocycles. The van der Waals surface area contributed by atoms with Gasteiger partial charge >= 0.3 is 5.97 Å². The van der Waals surface area contributed by atoms with Gasteiger partial charge in [0.25, 0.3) is 5.78 Å². The average molecular weight is 351 g/mol. The van der Waals surface area contributed by atoms with Gasteiger partial charge in [-0.3, -0.25) is 5.10 Å². The van der Waals surface area contributed by atoms with Gasteiger partial charge in [0.15, 0.2) is 0 Å². The number of nitrogens with zero attached hydrogens (tertiary/aromatic N) is 3. The molecule has 2 N–H and O–H groups in total. The predicted octanol–water partition coefficient (Wildman–Crippen LogP) is 3.14. The molecule has 0 amide bonds. The number of anilines is 2. The van der Waals surface area contributed by atoms with Crippen LogP contribution < -0.4 is 10.1 Å². The third-order valence-corrected chi connectivity index (χ3v) is 3.91. The number of hydrogen-bond donors (Lipinski definition) is 2. The fraction of sp³-hybridized carbons (Fsp3) is 0.167. The predicted molar refractivity (Wildman–Crippen MR) is 97.1 cm³/mol. The summed E-state index contributed by atoms with van der Waals surface area (Å²) >= 11 is 0. The van der Waals surface area contributed by atoms with Gasteiger partial charge in [-0.2, -0.15) is 4.98 Å². The summed E-state index contributed by atoms with van der Waals surface area (Å²) in [7, 11) is 1.62. The summed E-state index contributed by atoms with van der Waals surface area (Å²) in [6, 6.07) is 12.7. The number of esters is 1. The maximum absolute atomic E-state index is 11.8. The summed E-state index contributed by atoms with van der Waals surface area (Å²) in [6.07, 6.45) is 0. The third kappa shape index (κ3) is 2.81. The molecular weight excluding hydrogens is 334 g/mol. The highest BCUT2D eigenvalue weighted by atomic mass is 16.5. The molecule has 8 nitrogen and oxygen atoms in total. The Kier molecular flexibility index (Phi) is 3.92. The fourth-order valence-corrected chi connectivity index (χ4v) is 2.72. The lowest BCUT2D eigenvalue weighted by Gasteiger charge is -2.05. The maximum atomic E-state index is 11.8. The Labute approximate surface area is 148 Å². The number of nitrogens with one attached hydrogen (secondary N) is 2. The zero-order chi connectivity index (χ0) is 18.1. The first-order valence-electron chi connectivity index (χ1n) is 8.14. The van der Waals surface area contributed by atoms with Gasteiger partial charge in [0.1, 0.15) is 5.75 Å². The summed E-state index contributed by atoms with van der Waals surface area (Å²) < 4.78 is 12.0. The lowest BCUT2D eigenvalue weighted by molar-refractivity contribution is 0.0526. The molecule has 2 aromatic heterocycles. The molecule has 8 heteroatoms. The lowest BCUT2D eigenvalue weighted by atomic mass is 10.2. The summed E-state index contributed by atoms with van der Waals surface area (Å²) in [6.45, 7) is 2.11. The number of ether oxygens (including phenoxy) is 2. The second kappa shape index (κ2) is 6.40. The molecule has 0 radical (unpaired) electrons. The van der Waals surface area contributed by atoms with Crippen LogP contribution in [0.2, 0.25) is 0 Å². The van der Waals surface area contributed by atoms with E-state index in [-0.39, 0.29) is 5.97 Å². The van der Waals surface area contributed by atoms with Crippen LogP contribution in [0.25, 0.3) is 16.8 Å². The molecule has 0 aliphatic heterocycles. The monoisotopic (exact) mass is 351 g/mol. The van der Waals surface area contributed by atoms with E-state index in [1.165, 1.54) is 0 Å². The Balaban J connectivity index is 1.63. The summed E-state index contributed by atoms with van der Waals surface area (Å²) in [5.41, 5.74) is 2.88. The number of methoxy groups -OCH3 is 1. The van der Waals surface area contributed by atoms with Crippen molar-refractivity contribution in [2.75, 3.05) is 19.0 Å². The molecule has 26 heavy (non-hydrogen) atoms. The topological polar surface area (TPSA) is 93.5 Å². The number of aromatic nitrogens is 4. The van der Waals surface area contributed by atoms with Crippen molar-refractivity contribution in [3.05, 3.63) is 48.0 Å². The van der Waals surface area contributed by atoms with Gasteiger partial charge in [-0.1, -0.05) is 6.07 Å². The Morgan fingerprint density at radius 1 is 1.23 bits per heavy atom. The SMILES string of the molecule is CCOC(=O)c1cccc(Nc2nc3nc4cc(OC)ccc4n3[nH]2)c1. The normalized spacial score (nSPS) is 11.0. The molecule has 0 saturated carbocycles. The molecule has 0 saturated heterocycles. The van der Waals surface area contributed by atoms with Crippen LogP contribution in [0.5, 0.6) is 5.75 Å². The van der Waals surface area contributed by atoms with Crippen molar-refractivity contribution in [1.82, 2.24) is 19.6 Å². The number of fused-ring (bicyclic) bond motifs is 3. The first kappa shape index (κ1) is 15.9. The van der Waals surface area contributed by atoms with E-state index in [0.717, 1.165) is 22.5 Å². The summed E-state index contributed by atoms with van der Waals surface area (Å²) in [5, 5.41) is 6.30. The van der Waals surface area contributed by atoms with E-state index in [2.05, 4.69) is 20.4 Å². The van der Waals surface area contributed by atoms with Gasteiger partial charge < -0.3 is 14.8 Å². The van der Waals surface area contributed by atoms with Gasteiger partial charge in [0.05, 0.1) is 30.3 Å². The number of carbonyl (C=O) groups excluding carboxylic acids is 1. The van der Waals surface area contributed by atoms with Crippen molar-refractivity contribution in [3.63, 3.8) is 0 Å². The van der Waals surface area contributed by atoms with Crippen LogP contribution in [0.15, 0.2) is 42.5 Å². The minimum Gasteiger partial charge on any atom is -0.497 e. The van der Waals surface area contributed by atoms with Crippen LogP contribution in [0.1, 0.15) is 17.3 Å². The highest BCUT2D eigenvalue weighted by Crippen LogP contribution is 2.23. The molecule has 0 aliphatic rings. The van der Waals surface area contributed by atoms with Gasteiger partial charge in [0.2, 0.25) is 5.95 Å². The molecule has 4 aromatic rings. The van der Waals surface area contributed by atoms with Crippen LogP contribution in [0.4, 0.5) is 11.6 Å². The molecule has 0 aliphatic carbocycles. The van der Waals surface area contributed by atoms with E-state index in [9.17, 15) is 4.79 Å². The van der Waals surface area contributed by atoms with Gasteiger partial charge in [-0.05, 0) is 37.3 Å². The van der Waals surface area contributed by atoms with Crippen molar-refractivity contribution in [2.24, 2.45) is 0 Å². The first-order chi connectivity index (χ1) is 12.7. The third-order valence-electron chi connectivity index (χ3n) is 3.91. The molecule has 132 valence electrons. The number of carbonyl (C=O) groups is 1. The molecule has 2 heterocycles. The number of benzene rings is 2. The van der Waals surface area contributed by atoms with Crippen molar-refractivity contribution < 1.29 is 14.3 Å². The summed E-state index contributed by atoms with van der Waals surface area (Å²) in [5.74, 6) is 1.45. The second-order valence-electron chi connectivity index (χ2n) is 5.60. The van der Waals surface area contributed by atoms with Crippen LogP contribution in [-0.4, -0.2) is 39.3 Å². The number of hydrogen-bond acceptors (Lipinski definition) is 6. The zero-order valence-corrected chi connectivity index (χ0v) is 14.3. The molecule has 0 bridgehead atoms. The highest BCUT2D eigenvalue weighted by Gasteiger charge is 2.12. The Hall–Kier alpha value is -3.55. The fourth-order valence-electron chi connectivity index (χ4n) is 2.72. The van der Waals surface area contributed by atoms with Crippen molar-refractivity contribution in [2.45, 2.75) is 6.92 Å². The van der Waals surface area contributed by atoms with E-state index in [0.29, 0.717) is 23.9 Å². The molecule has 4 rings (SSSR count). The van der Waals surface area contributed by atoms with E-state index in [1.807, 2.05) is 24.3 Å². The average Bonchev–Trinajstić information content (AvgIpc) is 3.18. The Morgan fingerprint density at radius 2 is 2.12 bits per heavy atom. The van der Waals surface area contributed by atoms with Crippen LogP contribution >= 0.6 is 0 Å². The van der Waals surface area contributed by atoms with Gasteiger partial charge in [-0.25, -0.2) is 14.3 Å². The van der Waals surface area contributed by atoms with E-state index < -0.39 is 0 Å².